The number of rotatable bonds is 7. The molecule has 0 aliphatic carbocycles. The highest BCUT2D eigenvalue weighted by atomic mass is 16.5. The second kappa shape index (κ2) is 7.75. The van der Waals surface area contributed by atoms with Gasteiger partial charge in [0, 0.05) is 6.04 Å². The zero-order valence-electron chi connectivity index (χ0n) is 11.5. The fourth-order valence-electron chi connectivity index (χ4n) is 1.84. The van der Waals surface area contributed by atoms with Crippen LogP contribution in [0.1, 0.15) is 39.2 Å². The molecule has 0 spiro atoms. The van der Waals surface area contributed by atoms with Crippen LogP contribution in [-0.4, -0.2) is 18.6 Å². The molecule has 0 aliphatic heterocycles. The van der Waals surface area contributed by atoms with Crippen molar-refractivity contribution >= 4 is 5.91 Å². The Labute approximate surface area is 110 Å². The summed E-state index contributed by atoms with van der Waals surface area (Å²) in [5.74, 6) is 0.759. The van der Waals surface area contributed by atoms with E-state index in [0.29, 0.717) is 0 Å². The van der Waals surface area contributed by atoms with Gasteiger partial charge >= 0.3 is 0 Å². The molecule has 18 heavy (non-hydrogen) atoms. The highest BCUT2D eigenvalue weighted by Gasteiger charge is 2.09. The van der Waals surface area contributed by atoms with E-state index in [4.69, 9.17) is 4.74 Å². The SMILES string of the molecule is CCc1ccccc1OCC(=O)NC(CC)CC. The molecule has 1 aromatic carbocycles. The normalized spacial score (nSPS) is 10.4. The predicted molar refractivity (Wildman–Crippen MR) is 73.8 cm³/mol. The zero-order valence-corrected chi connectivity index (χ0v) is 11.5. The van der Waals surface area contributed by atoms with Gasteiger partial charge in [-0.05, 0) is 30.9 Å². The van der Waals surface area contributed by atoms with Gasteiger partial charge in [0.05, 0.1) is 0 Å². The lowest BCUT2D eigenvalue weighted by atomic mass is 10.1. The van der Waals surface area contributed by atoms with E-state index in [1.165, 1.54) is 0 Å². The van der Waals surface area contributed by atoms with Crippen molar-refractivity contribution in [2.75, 3.05) is 6.61 Å². The number of para-hydroxylation sites is 1. The van der Waals surface area contributed by atoms with Crippen LogP contribution < -0.4 is 10.1 Å². The molecule has 0 aromatic heterocycles. The molecular weight excluding hydrogens is 226 g/mol. The molecule has 1 amide bonds. The molecule has 0 fully saturated rings. The molecule has 1 N–H and O–H groups in total. The van der Waals surface area contributed by atoms with Gasteiger partial charge in [-0.2, -0.15) is 0 Å². The Morgan fingerprint density at radius 1 is 1.22 bits per heavy atom. The summed E-state index contributed by atoms with van der Waals surface area (Å²) in [4.78, 5) is 11.7. The van der Waals surface area contributed by atoms with Crippen molar-refractivity contribution in [3.8, 4) is 5.75 Å². The Morgan fingerprint density at radius 2 is 1.89 bits per heavy atom. The van der Waals surface area contributed by atoms with Gasteiger partial charge in [-0.3, -0.25) is 4.79 Å². The Morgan fingerprint density at radius 3 is 2.50 bits per heavy atom. The zero-order chi connectivity index (χ0) is 13.4. The van der Waals surface area contributed by atoms with Crippen molar-refractivity contribution in [2.24, 2.45) is 0 Å². The van der Waals surface area contributed by atoms with E-state index in [1.54, 1.807) is 0 Å². The van der Waals surface area contributed by atoms with Crippen LogP contribution >= 0.6 is 0 Å². The number of carbonyl (C=O) groups excluding carboxylic acids is 1. The van der Waals surface area contributed by atoms with Crippen LogP contribution in [0.3, 0.4) is 0 Å². The molecule has 3 heteroatoms. The Hall–Kier alpha value is -1.51. The third-order valence-corrected chi connectivity index (χ3v) is 3.06. The number of nitrogens with one attached hydrogen (secondary N) is 1. The van der Waals surface area contributed by atoms with Crippen molar-refractivity contribution in [1.29, 1.82) is 0 Å². The second-order valence-electron chi connectivity index (χ2n) is 4.33. The fourth-order valence-corrected chi connectivity index (χ4v) is 1.84. The summed E-state index contributed by atoms with van der Waals surface area (Å²) in [6.07, 6.45) is 2.81. The van der Waals surface area contributed by atoms with Gasteiger partial charge in [0.25, 0.3) is 5.91 Å². The summed E-state index contributed by atoms with van der Waals surface area (Å²) in [5, 5.41) is 2.96. The molecule has 1 rings (SSSR count). The van der Waals surface area contributed by atoms with E-state index in [2.05, 4.69) is 26.1 Å². The van der Waals surface area contributed by atoms with Crippen molar-refractivity contribution in [1.82, 2.24) is 5.32 Å². The third-order valence-electron chi connectivity index (χ3n) is 3.06. The smallest absolute Gasteiger partial charge is 0.258 e. The van der Waals surface area contributed by atoms with Gasteiger partial charge in [0.1, 0.15) is 5.75 Å². The molecular formula is C15H23NO2. The van der Waals surface area contributed by atoms with E-state index in [9.17, 15) is 4.79 Å². The van der Waals surface area contributed by atoms with Gasteiger partial charge in [0.2, 0.25) is 0 Å². The number of ether oxygens (including phenoxy) is 1. The summed E-state index contributed by atoms with van der Waals surface area (Å²) in [5.41, 5.74) is 1.13. The quantitative estimate of drug-likeness (QED) is 0.807. The maximum absolute atomic E-state index is 11.7. The van der Waals surface area contributed by atoms with Crippen molar-refractivity contribution in [2.45, 2.75) is 46.1 Å². The number of hydrogen-bond acceptors (Lipinski definition) is 2. The first kappa shape index (κ1) is 14.6. The average molecular weight is 249 g/mol. The fraction of sp³-hybridized carbons (Fsp3) is 0.533. The first-order valence-electron chi connectivity index (χ1n) is 6.71. The van der Waals surface area contributed by atoms with Gasteiger partial charge in [-0.1, -0.05) is 39.0 Å². The monoisotopic (exact) mass is 249 g/mol. The van der Waals surface area contributed by atoms with Gasteiger partial charge in [0.15, 0.2) is 6.61 Å². The van der Waals surface area contributed by atoms with E-state index in [-0.39, 0.29) is 18.6 Å². The first-order valence-corrected chi connectivity index (χ1v) is 6.71. The minimum Gasteiger partial charge on any atom is -0.483 e. The number of benzene rings is 1. The Bertz CT molecular complexity index is 373. The van der Waals surface area contributed by atoms with Crippen LogP contribution in [0.4, 0.5) is 0 Å². The van der Waals surface area contributed by atoms with Crippen molar-refractivity contribution in [3.05, 3.63) is 29.8 Å². The molecule has 3 nitrogen and oxygen atoms in total. The summed E-state index contributed by atoms with van der Waals surface area (Å²) < 4.78 is 5.57. The molecule has 0 saturated carbocycles. The van der Waals surface area contributed by atoms with Crippen LogP contribution in [0.5, 0.6) is 5.75 Å². The maximum atomic E-state index is 11.7. The summed E-state index contributed by atoms with van der Waals surface area (Å²) in [6.45, 7) is 6.31. The lowest BCUT2D eigenvalue weighted by molar-refractivity contribution is -0.123. The molecule has 0 saturated heterocycles. The summed E-state index contributed by atoms with van der Waals surface area (Å²) in [7, 11) is 0. The molecule has 0 radical (unpaired) electrons. The average Bonchev–Trinajstić information content (AvgIpc) is 2.42. The minimum atomic E-state index is -0.0467. The Balaban J connectivity index is 2.47. The topological polar surface area (TPSA) is 38.3 Å². The Kier molecular flexibility index (Phi) is 6.26. The van der Waals surface area contributed by atoms with Crippen molar-refractivity contribution in [3.63, 3.8) is 0 Å². The summed E-state index contributed by atoms with van der Waals surface area (Å²) >= 11 is 0. The lowest BCUT2D eigenvalue weighted by Crippen LogP contribution is -2.37. The van der Waals surface area contributed by atoms with E-state index >= 15 is 0 Å². The van der Waals surface area contributed by atoms with E-state index in [1.807, 2.05) is 24.3 Å². The molecule has 0 heterocycles. The number of aryl methyl sites for hydroxylation is 1. The highest BCUT2D eigenvalue weighted by Crippen LogP contribution is 2.17. The first-order chi connectivity index (χ1) is 8.71. The molecule has 1 aromatic rings. The van der Waals surface area contributed by atoms with Crippen molar-refractivity contribution < 1.29 is 9.53 Å². The van der Waals surface area contributed by atoms with Crippen LogP contribution in [0.2, 0.25) is 0 Å². The molecule has 0 bridgehead atoms. The predicted octanol–water partition coefficient (Wildman–Crippen LogP) is 2.93. The van der Waals surface area contributed by atoms with Crippen LogP contribution in [0.25, 0.3) is 0 Å². The number of hydrogen-bond donors (Lipinski definition) is 1. The van der Waals surface area contributed by atoms with Gasteiger partial charge < -0.3 is 10.1 Å². The number of carbonyl (C=O) groups is 1. The minimum absolute atomic E-state index is 0.0467. The van der Waals surface area contributed by atoms with Gasteiger partial charge in [-0.25, -0.2) is 0 Å². The second-order valence-corrected chi connectivity index (χ2v) is 4.33. The van der Waals surface area contributed by atoms with Crippen LogP contribution in [0.15, 0.2) is 24.3 Å². The van der Waals surface area contributed by atoms with Gasteiger partial charge in [-0.15, -0.1) is 0 Å². The highest BCUT2D eigenvalue weighted by molar-refractivity contribution is 5.77. The number of amides is 1. The molecule has 0 atom stereocenters. The largest absolute Gasteiger partial charge is 0.483 e. The molecule has 0 unspecified atom stereocenters. The molecule has 0 aliphatic rings. The van der Waals surface area contributed by atoms with E-state index < -0.39 is 0 Å². The summed E-state index contributed by atoms with van der Waals surface area (Å²) in [6, 6.07) is 8.09. The van der Waals surface area contributed by atoms with Crippen LogP contribution in [-0.2, 0) is 11.2 Å². The maximum Gasteiger partial charge on any atom is 0.258 e. The molecule has 100 valence electrons. The van der Waals surface area contributed by atoms with Crippen LogP contribution in [0, 0.1) is 0 Å². The van der Waals surface area contributed by atoms with E-state index in [0.717, 1.165) is 30.6 Å². The standard InChI is InChI=1S/C15H23NO2/c1-4-12-9-7-8-10-14(12)18-11-15(17)16-13(5-2)6-3/h7-10,13H,4-6,11H2,1-3H3,(H,16,17). The third kappa shape index (κ3) is 4.40. The lowest BCUT2D eigenvalue weighted by Gasteiger charge is -2.15.